The lowest BCUT2D eigenvalue weighted by atomic mass is 10.1. The monoisotopic (exact) mass is 506 g/mol. The predicted octanol–water partition coefficient (Wildman–Crippen LogP) is 6.80. The van der Waals surface area contributed by atoms with Crippen LogP contribution in [0.15, 0.2) is 88.4 Å². The maximum absolute atomic E-state index is 12.7. The summed E-state index contributed by atoms with van der Waals surface area (Å²) >= 11 is 12.1. The summed E-state index contributed by atoms with van der Waals surface area (Å²) in [5.41, 5.74) is 5.00. The van der Waals surface area contributed by atoms with E-state index in [2.05, 4.69) is 10.5 Å². The molecule has 6 nitrogen and oxygen atoms in total. The van der Waals surface area contributed by atoms with Crippen LogP contribution in [0.25, 0.3) is 11.3 Å². The van der Waals surface area contributed by atoms with Gasteiger partial charge in [0.25, 0.3) is 5.91 Å². The normalized spacial score (nSPS) is 10.9. The van der Waals surface area contributed by atoms with Gasteiger partial charge in [-0.25, -0.2) is 5.43 Å². The van der Waals surface area contributed by atoms with Crippen molar-refractivity contribution in [2.45, 2.75) is 13.5 Å². The van der Waals surface area contributed by atoms with E-state index >= 15 is 0 Å². The maximum Gasteiger partial charge on any atom is 0.275 e. The van der Waals surface area contributed by atoms with Crippen LogP contribution in [0.1, 0.15) is 39.0 Å². The summed E-state index contributed by atoms with van der Waals surface area (Å²) in [6, 6.07) is 22.6. The quantitative estimate of drug-likeness (QED) is 0.162. The number of furan rings is 1. The summed E-state index contributed by atoms with van der Waals surface area (Å²) in [5.74, 6) is 1.02. The van der Waals surface area contributed by atoms with Crippen LogP contribution in [0, 0.1) is 0 Å². The average Bonchev–Trinajstić information content (AvgIpc) is 3.32. The molecule has 0 aliphatic rings. The Morgan fingerprint density at radius 1 is 1.00 bits per heavy atom. The number of halogens is 2. The zero-order valence-corrected chi connectivity index (χ0v) is 20.1. The molecule has 0 saturated heterocycles. The van der Waals surface area contributed by atoms with Gasteiger partial charge in [-0.2, -0.15) is 5.10 Å². The van der Waals surface area contributed by atoms with E-state index in [1.807, 2.05) is 12.1 Å². The van der Waals surface area contributed by atoms with Gasteiger partial charge in [-0.3, -0.25) is 9.59 Å². The van der Waals surface area contributed by atoms with Crippen LogP contribution in [-0.2, 0) is 6.61 Å². The second kappa shape index (κ2) is 11.0. The van der Waals surface area contributed by atoms with Crippen molar-refractivity contribution in [3.63, 3.8) is 0 Å². The Morgan fingerprint density at radius 3 is 2.51 bits per heavy atom. The van der Waals surface area contributed by atoms with Crippen LogP contribution < -0.4 is 10.2 Å². The van der Waals surface area contributed by atoms with E-state index in [0.29, 0.717) is 38.4 Å². The van der Waals surface area contributed by atoms with E-state index in [4.69, 9.17) is 32.4 Å². The molecule has 3 aromatic carbocycles. The van der Waals surface area contributed by atoms with Gasteiger partial charge in [0.1, 0.15) is 23.9 Å². The Bertz CT molecular complexity index is 1390. The zero-order chi connectivity index (χ0) is 24.8. The molecular weight excluding hydrogens is 487 g/mol. The van der Waals surface area contributed by atoms with Gasteiger partial charge < -0.3 is 9.15 Å². The van der Waals surface area contributed by atoms with Crippen LogP contribution in [0.5, 0.6) is 5.75 Å². The summed E-state index contributed by atoms with van der Waals surface area (Å²) < 4.78 is 11.6. The third kappa shape index (κ3) is 6.18. The van der Waals surface area contributed by atoms with Gasteiger partial charge in [0.15, 0.2) is 5.78 Å². The van der Waals surface area contributed by atoms with Crippen LogP contribution in [0.2, 0.25) is 10.0 Å². The molecule has 0 unspecified atom stereocenters. The molecule has 0 fully saturated rings. The summed E-state index contributed by atoms with van der Waals surface area (Å²) in [5, 5.41) is 5.01. The van der Waals surface area contributed by atoms with Gasteiger partial charge in [0.2, 0.25) is 0 Å². The highest BCUT2D eigenvalue weighted by Gasteiger charge is 2.13. The number of hydrogen-bond acceptors (Lipinski definition) is 5. The number of carbonyl (C=O) groups is 2. The molecule has 0 aliphatic heterocycles. The van der Waals surface area contributed by atoms with Crippen molar-refractivity contribution in [3.05, 3.63) is 111 Å². The number of ether oxygens (including phenoxy) is 1. The first kappa shape index (κ1) is 24.3. The number of ketones is 1. The van der Waals surface area contributed by atoms with Crippen LogP contribution in [0.4, 0.5) is 0 Å². The molecule has 0 aliphatic carbocycles. The number of para-hydroxylation sites is 1. The Morgan fingerprint density at radius 2 is 1.77 bits per heavy atom. The lowest BCUT2D eigenvalue weighted by Crippen LogP contribution is -2.18. The minimum atomic E-state index is -0.439. The minimum absolute atomic E-state index is 0.000287. The van der Waals surface area contributed by atoms with Crippen LogP contribution >= 0.6 is 23.2 Å². The van der Waals surface area contributed by atoms with Crippen molar-refractivity contribution >= 4 is 41.1 Å². The molecule has 1 aromatic heterocycles. The molecule has 1 heterocycles. The van der Waals surface area contributed by atoms with Crippen molar-refractivity contribution in [1.82, 2.24) is 5.43 Å². The summed E-state index contributed by atoms with van der Waals surface area (Å²) in [7, 11) is 0. The van der Waals surface area contributed by atoms with Crippen molar-refractivity contribution in [3.8, 4) is 17.1 Å². The SMILES string of the molecule is CC(=O)c1ccc(-c2ccc(/C=N/NC(=O)c3ccccc3OCc3ccc(Cl)cc3Cl)o2)cc1. The Balaban J connectivity index is 1.39. The van der Waals surface area contributed by atoms with E-state index in [1.54, 1.807) is 66.7 Å². The summed E-state index contributed by atoms with van der Waals surface area (Å²) in [4.78, 5) is 24.1. The number of nitrogens with one attached hydrogen (secondary N) is 1. The van der Waals surface area contributed by atoms with Crippen molar-refractivity contribution in [2.75, 3.05) is 0 Å². The van der Waals surface area contributed by atoms with Crippen molar-refractivity contribution in [2.24, 2.45) is 5.10 Å². The second-order valence-electron chi connectivity index (χ2n) is 7.56. The van der Waals surface area contributed by atoms with Gasteiger partial charge in [-0.1, -0.05) is 65.7 Å². The standard InChI is InChI=1S/C27H20Cl2N2O4/c1-17(32)18-6-8-19(9-7-18)25-13-12-22(35-25)15-30-31-27(33)23-4-2-3-5-26(23)34-16-20-10-11-21(28)14-24(20)29/h2-15H,16H2,1H3,(H,31,33)/b30-15+. The number of rotatable bonds is 8. The van der Waals surface area contributed by atoms with Gasteiger partial charge in [0.05, 0.1) is 11.8 Å². The largest absolute Gasteiger partial charge is 0.488 e. The van der Waals surface area contributed by atoms with Gasteiger partial charge in [0, 0.05) is 26.7 Å². The maximum atomic E-state index is 12.7. The first-order chi connectivity index (χ1) is 16.9. The number of hydrazone groups is 1. The van der Waals surface area contributed by atoms with E-state index in [0.717, 1.165) is 11.1 Å². The van der Waals surface area contributed by atoms with Gasteiger partial charge >= 0.3 is 0 Å². The molecule has 0 saturated carbocycles. The summed E-state index contributed by atoms with van der Waals surface area (Å²) in [6.45, 7) is 1.69. The number of hydrogen-bond donors (Lipinski definition) is 1. The molecule has 8 heteroatoms. The molecule has 4 rings (SSSR count). The molecule has 176 valence electrons. The first-order valence-corrected chi connectivity index (χ1v) is 11.4. The first-order valence-electron chi connectivity index (χ1n) is 10.6. The van der Waals surface area contributed by atoms with Crippen LogP contribution in [-0.4, -0.2) is 17.9 Å². The fourth-order valence-corrected chi connectivity index (χ4v) is 3.70. The molecule has 0 radical (unpaired) electrons. The Labute approximate surface area is 212 Å². The van der Waals surface area contributed by atoms with Crippen LogP contribution in [0.3, 0.4) is 0 Å². The molecule has 0 spiro atoms. The third-order valence-corrected chi connectivity index (χ3v) is 5.68. The topological polar surface area (TPSA) is 80.9 Å². The number of carbonyl (C=O) groups excluding carboxylic acids is 2. The van der Waals surface area contributed by atoms with E-state index < -0.39 is 5.91 Å². The number of benzene rings is 3. The lowest BCUT2D eigenvalue weighted by molar-refractivity contribution is 0.0949. The molecule has 0 bridgehead atoms. The molecule has 1 N–H and O–H groups in total. The Kier molecular flexibility index (Phi) is 7.65. The summed E-state index contributed by atoms with van der Waals surface area (Å²) in [6.07, 6.45) is 1.41. The fraction of sp³-hybridized carbons (Fsp3) is 0.0741. The molecule has 0 atom stereocenters. The minimum Gasteiger partial charge on any atom is -0.488 e. The number of amides is 1. The average molecular weight is 507 g/mol. The highest BCUT2D eigenvalue weighted by Crippen LogP contribution is 2.25. The Hall–Kier alpha value is -3.87. The predicted molar refractivity (Wildman–Crippen MR) is 136 cm³/mol. The lowest BCUT2D eigenvalue weighted by Gasteiger charge is -2.11. The zero-order valence-electron chi connectivity index (χ0n) is 18.6. The highest BCUT2D eigenvalue weighted by atomic mass is 35.5. The molecule has 4 aromatic rings. The molecule has 1 amide bonds. The highest BCUT2D eigenvalue weighted by molar-refractivity contribution is 6.35. The van der Waals surface area contributed by atoms with Gasteiger partial charge in [-0.15, -0.1) is 0 Å². The molecular formula is C27H20Cl2N2O4. The van der Waals surface area contributed by atoms with Gasteiger partial charge in [-0.05, 0) is 43.3 Å². The number of Topliss-reactive ketones (excluding diaryl/α,β-unsaturated/α-hetero) is 1. The fourth-order valence-electron chi connectivity index (χ4n) is 3.24. The van der Waals surface area contributed by atoms with Crippen molar-refractivity contribution in [1.29, 1.82) is 0 Å². The number of nitrogens with zero attached hydrogens (tertiary/aromatic N) is 1. The third-order valence-electron chi connectivity index (χ3n) is 5.09. The van der Waals surface area contributed by atoms with Crippen molar-refractivity contribution < 1.29 is 18.7 Å². The smallest absolute Gasteiger partial charge is 0.275 e. The van der Waals surface area contributed by atoms with E-state index in [1.165, 1.54) is 13.1 Å². The molecule has 35 heavy (non-hydrogen) atoms. The van der Waals surface area contributed by atoms with E-state index in [-0.39, 0.29) is 12.4 Å². The second-order valence-corrected chi connectivity index (χ2v) is 8.40. The van der Waals surface area contributed by atoms with E-state index in [9.17, 15) is 9.59 Å².